The fourth-order valence-corrected chi connectivity index (χ4v) is 5.71. The number of benzene rings is 2. The van der Waals surface area contributed by atoms with E-state index in [1.807, 2.05) is 31.1 Å². The van der Waals surface area contributed by atoms with Crippen LogP contribution in [-0.2, 0) is 14.9 Å². The molecule has 0 N–H and O–H groups in total. The smallest absolute Gasteiger partial charge is 0.287 e. The Hall–Kier alpha value is -2.92. The van der Waals surface area contributed by atoms with Gasteiger partial charge in [0.15, 0.2) is 0 Å². The molecule has 1 aromatic heterocycles. The number of carbonyl (C=O) groups excluding carboxylic acids is 1. The number of hydroxylamine groups is 2. The second kappa shape index (κ2) is 10.8. The predicted octanol–water partition coefficient (Wildman–Crippen LogP) is 4.71. The Morgan fingerprint density at radius 1 is 0.971 bits per heavy atom. The van der Waals surface area contributed by atoms with Gasteiger partial charge in [0.25, 0.3) is 15.9 Å². The first-order chi connectivity index (χ1) is 16.5. The molecule has 0 fully saturated rings. The third kappa shape index (κ3) is 5.84. The maximum absolute atomic E-state index is 13.3. The molecule has 11 heteroatoms. The lowest BCUT2D eigenvalue weighted by atomic mass is 10.0. The topological polar surface area (TPSA) is 82.5 Å². The lowest BCUT2D eigenvalue weighted by Gasteiger charge is -2.18. The molecule has 0 aliphatic carbocycles. The van der Waals surface area contributed by atoms with E-state index in [1.54, 1.807) is 50.3 Å². The molecule has 8 nitrogen and oxygen atoms in total. The van der Waals surface area contributed by atoms with Gasteiger partial charge in [0.1, 0.15) is 11.2 Å². The summed E-state index contributed by atoms with van der Waals surface area (Å²) >= 11 is 7.43. The average Bonchev–Trinajstić information content (AvgIpc) is 3.23. The molecule has 1 heterocycles. The van der Waals surface area contributed by atoms with E-state index in [4.69, 9.17) is 16.4 Å². The maximum Gasteiger partial charge on any atom is 0.287 e. The van der Waals surface area contributed by atoms with Crippen molar-refractivity contribution in [2.45, 2.75) is 4.90 Å². The van der Waals surface area contributed by atoms with Crippen LogP contribution in [0, 0.1) is 0 Å². The van der Waals surface area contributed by atoms with Crippen LogP contribution in [-0.4, -0.2) is 73.0 Å². The van der Waals surface area contributed by atoms with Gasteiger partial charge in [0, 0.05) is 45.8 Å². The van der Waals surface area contributed by atoms with Gasteiger partial charge in [-0.1, -0.05) is 35.9 Å². The summed E-state index contributed by atoms with van der Waals surface area (Å²) in [4.78, 5) is 23.3. The zero-order valence-electron chi connectivity index (χ0n) is 20.3. The largest absolute Gasteiger partial charge is 0.376 e. The van der Waals surface area contributed by atoms with Gasteiger partial charge in [-0.15, -0.1) is 15.7 Å². The number of nitrogens with zero attached hydrogens (tertiary/aromatic N) is 4. The minimum Gasteiger partial charge on any atom is -0.376 e. The van der Waals surface area contributed by atoms with Crippen LogP contribution in [0.3, 0.4) is 0 Å². The number of thiophene rings is 1. The van der Waals surface area contributed by atoms with Crippen LogP contribution in [0.5, 0.6) is 0 Å². The maximum atomic E-state index is 13.3. The van der Waals surface area contributed by atoms with E-state index >= 15 is 0 Å². The van der Waals surface area contributed by atoms with Crippen LogP contribution in [0.1, 0.15) is 9.67 Å². The molecular weight excluding hydrogens is 508 g/mol. The van der Waals surface area contributed by atoms with E-state index in [1.165, 1.54) is 36.9 Å². The van der Waals surface area contributed by atoms with Crippen LogP contribution in [0.2, 0.25) is 5.02 Å². The van der Waals surface area contributed by atoms with Gasteiger partial charge >= 0.3 is 0 Å². The summed E-state index contributed by atoms with van der Waals surface area (Å²) in [6, 6.07) is 13.7. The Morgan fingerprint density at radius 2 is 1.54 bits per heavy atom. The van der Waals surface area contributed by atoms with Gasteiger partial charge < -0.3 is 9.80 Å². The Labute approximate surface area is 215 Å². The zero-order chi connectivity index (χ0) is 25.9. The molecule has 3 aromatic rings. The molecule has 0 saturated heterocycles. The lowest BCUT2D eigenvalue weighted by molar-refractivity contribution is -0.0753. The third-order valence-electron chi connectivity index (χ3n) is 5.05. The number of hydrogen-bond acceptors (Lipinski definition) is 6. The summed E-state index contributed by atoms with van der Waals surface area (Å²) in [5.41, 5.74) is 3.10. The molecule has 2 aromatic carbocycles. The third-order valence-corrected chi connectivity index (χ3v) is 7.76. The fourth-order valence-electron chi connectivity index (χ4n) is 3.30. The SMILES string of the molecule is CON(C)C(=O)c1sc(-c2ccc(Cl)cc2)c(N(C)C)c1-c1ccc(S(=O)(=O)N=CN(C)C)cc1. The van der Waals surface area contributed by atoms with Crippen LogP contribution < -0.4 is 4.90 Å². The highest BCUT2D eigenvalue weighted by Crippen LogP contribution is 2.48. The van der Waals surface area contributed by atoms with Gasteiger partial charge in [-0.3, -0.25) is 9.63 Å². The van der Waals surface area contributed by atoms with E-state index in [9.17, 15) is 13.2 Å². The molecule has 0 atom stereocenters. The Balaban J connectivity index is 2.23. The molecular formula is C24H27ClN4O4S2. The molecule has 0 bridgehead atoms. The monoisotopic (exact) mass is 534 g/mol. The normalized spacial score (nSPS) is 11.6. The highest BCUT2D eigenvalue weighted by atomic mass is 35.5. The molecule has 0 unspecified atom stereocenters. The van der Waals surface area contributed by atoms with Crippen LogP contribution in [0.25, 0.3) is 21.6 Å². The number of hydrogen-bond donors (Lipinski definition) is 0. The second-order valence-electron chi connectivity index (χ2n) is 8.05. The van der Waals surface area contributed by atoms with Crippen molar-refractivity contribution in [2.75, 3.05) is 47.2 Å². The van der Waals surface area contributed by atoms with Gasteiger partial charge in [0.2, 0.25) is 0 Å². The van der Waals surface area contributed by atoms with Gasteiger partial charge in [0.05, 0.1) is 22.6 Å². The molecule has 186 valence electrons. The molecule has 1 amide bonds. The number of rotatable bonds is 8. The Kier molecular flexibility index (Phi) is 8.22. The van der Waals surface area contributed by atoms with E-state index in [0.29, 0.717) is 21.0 Å². The summed E-state index contributed by atoms with van der Waals surface area (Å²) < 4.78 is 28.8. The minimum atomic E-state index is -3.85. The van der Waals surface area contributed by atoms with Crippen molar-refractivity contribution in [1.82, 2.24) is 9.96 Å². The number of amides is 1. The zero-order valence-corrected chi connectivity index (χ0v) is 22.7. The van der Waals surface area contributed by atoms with Crippen LogP contribution in [0.4, 0.5) is 5.69 Å². The standard InChI is InChI=1S/C24H27ClN4O4S2/c1-27(2)15-26-35(31,32)19-13-9-16(10-14-19)20-21(28(3)4)22(17-7-11-18(25)12-8-17)34-23(20)24(30)29(5)33-6/h7-15H,1-6H3. The van der Waals surface area contributed by atoms with Crippen molar-refractivity contribution < 1.29 is 18.0 Å². The average molecular weight is 535 g/mol. The summed E-state index contributed by atoms with van der Waals surface area (Å²) in [6.07, 6.45) is 1.24. The van der Waals surface area contributed by atoms with E-state index in [2.05, 4.69) is 4.40 Å². The number of carbonyl (C=O) groups is 1. The molecule has 35 heavy (non-hydrogen) atoms. The summed E-state index contributed by atoms with van der Waals surface area (Å²) in [5, 5.41) is 1.77. The quantitative estimate of drug-likeness (QED) is 0.236. The molecule has 0 aliphatic heterocycles. The highest BCUT2D eigenvalue weighted by molar-refractivity contribution is 7.90. The van der Waals surface area contributed by atoms with Crippen LogP contribution >= 0.6 is 22.9 Å². The van der Waals surface area contributed by atoms with Crippen molar-refractivity contribution in [3.8, 4) is 21.6 Å². The Morgan fingerprint density at radius 3 is 2.06 bits per heavy atom. The van der Waals surface area contributed by atoms with E-state index in [0.717, 1.165) is 21.2 Å². The molecule has 3 rings (SSSR count). The lowest BCUT2D eigenvalue weighted by Crippen LogP contribution is -2.25. The Bertz CT molecular complexity index is 1330. The molecule has 0 spiro atoms. The van der Waals surface area contributed by atoms with Gasteiger partial charge in [-0.25, -0.2) is 5.06 Å². The van der Waals surface area contributed by atoms with Crippen molar-refractivity contribution in [1.29, 1.82) is 0 Å². The van der Waals surface area contributed by atoms with Crippen LogP contribution in [0.15, 0.2) is 57.8 Å². The van der Waals surface area contributed by atoms with Gasteiger partial charge in [-0.2, -0.15) is 8.42 Å². The first-order valence-electron chi connectivity index (χ1n) is 10.5. The molecule has 0 aliphatic rings. The van der Waals surface area contributed by atoms with Gasteiger partial charge in [-0.05, 0) is 35.4 Å². The summed E-state index contributed by atoms with van der Waals surface area (Å²) in [5.74, 6) is -0.317. The predicted molar refractivity (Wildman–Crippen MR) is 143 cm³/mol. The highest BCUT2D eigenvalue weighted by Gasteiger charge is 2.28. The van der Waals surface area contributed by atoms with Crippen molar-refractivity contribution in [3.63, 3.8) is 0 Å². The van der Waals surface area contributed by atoms with Crippen molar-refractivity contribution in [2.24, 2.45) is 4.40 Å². The summed E-state index contributed by atoms with van der Waals surface area (Å²) in [7, 11) is 6.29. The van der Waals surface area contributed by atoms with Crippen molar-refractivity contribution >= 4 is 50.9 Å². The number of halogens is 1. The molecule has 0 saturated carbocycles. The second-order valence-corrected chi connectivity index (χ2v) is 11.1. The summed E-state index contributed by atoms with van der Waals surface area (Å²) in [6.45, 7) is 0. The van der Waals surface area contributed by atoms with E-state index in [-0.39, 0.29) is 10.8 Å². The minimum absolute atomic E-state index is 0.0563. The van der Waals surface area contributed by atoms with E-state index < -0.39 is 10.0 Å². The van der Waals surface area contributed by atoms with Crippen molar-refractivity contribution in [3.05, 3.63) is 58.4 Å². The number of sulfonamides is 1. The fraction of sp³-hybridized carbons (Fsp3) is 0.250. The first-order valence-corrected chi connectivity index (χ1v) is 13.1. The first kappa shape index (κ1) is 26.7. The molecule has 0 radical (unpaired) electrons. The number of anilines is 1.